The van der Waals surface area contributed by atoms with Crippen LogP contribution >= 0.6 is 11.6 Å². The van der Waals surface area contributed by atoms with E-state index in [1.54, 1.807) is 12.1 Å². The molecule has 3 aromatic rings. The summed E-state index contributed by atoms with van der Waals surface area (Å²) in [5, 5.41) is 15.5. The first-order valence-corrected chi connectivity index (χ1v) is 7.90. The zero-order valence-corrected chi connectivity index (χ0v) is 14.3. The van der Waals surface area contributed by atoms with Crippen LogP contribution in [0.4, 0.5) is 11.5 Å². The molecule has 0 aliphatic heterocycles. The third kappa shape index (κ3) is 3.32. The summed E-state index contributed by atoms with van der Waals surface area (Å²) in [7, 11) is 0. The molecule has 0 saturated heterocycles. The molecule has 0 unspecified atom stereocenters. The first-order chi connectivity index (χ1) is 11.9. The van der Waals surface area contributed by atoms with Crippen molar-refractivity contribution < 1.29 is 4.92 Å². The van der Waals surface area contributed by atoms with E-state index in [9.17, 15) is 14.9 Å². The lowest BCUT2D eigenvalue weighted by Crippen LogP contribution is -2.18. The number of fused-ring (bicyclic) bond motifs is 1. The van der Waals surface area contributed by atoms with Crippen molar-refractivity contribution in [2.45, 2.75) is 20.4 Å². The SMILES string of the molecule is Cc1cc(C)c(CNc2nccc3c([N+](=O)[O-])cc(Cl)cc23)c(=O)[nH]1. The smallest absolute Gasteiger partial charge is 0.278 e. The molecule has 0 amide bonds. The summed E-state index contributed by atoms with van der Waals surface area (Å²) in [6.45, 7) is 3.92. The van der Waals surface area contributed by atoms with Gasteiger partial charge in [-0.3, -0.25) is 14.9 Å². The monoisotopic (exact) mass is 358 g/mol. The number of aromatic nitrogens is 2. The van der Waals surface area contributed by atoms with E-state index in [2.05, 4.69) is 15.3 Å². The lowest BCUT2D eigenvalue weighted by atomic mass is 10.1. The molecule has 0 fully saturated rings. The van der Waals surface area contributed by atoms with Crippen LogP contribution < -0.4 is 10.9 Å². The number of aryl methyl sites for hydroxylation is 2. The van der Waals surface area contributed by atoms with Crippen LogP contribution in [0.3, 0.4) is 0 Å². The Kier molecular flexibility index (Phi) is 4.41. The summed E-state index contributed by atoms with van der Waals surface area (Å²) >= 11 is 6.01. The number of anilines is 1. The van der Waals surface area contributed by atoms with Crippen molar-refractivity contribution >= 4 is 33.9 Å². The van der Waals surface area contributed by atoms with Crippen LogP contribution in [0.1, 0.15) is 16.8 Å². The van der Waals surface area contributed by atoms with Gasteiger partial charge in [-0.25, -0.2) is 4.98 Å². The molecule has 128 valence electrons. The third-order valence-electron chi connectivity index (χ3n) is 3.95. The van der Waals surface area contributed by atoms with E-state index in [0.717, 1.165) is 11.3 Å². The summed E-state index contributed by atoms with van der Waals surface area (Å²) in [4.78, 5) is 29.9. The molecule has 0 spiro atoms. The van der Waals surface area contributed by atoms with Crippen molar-refractivity contribution in [3.8, 4) is 0 Å². The van der Waals surface area contributed by atoms with E-state index < -0.39 is 4.92 Å². The molecule has 2 heterocycles. The predicted octanol–water partition coefficient (Wildman–Crippen LogP) is 3.71. The molecule has 0 atom stereocenters. The van der Waals surface area contributed by atoms with Crippen LogP contribution in [-0.4, -0.2) is 14.9 Å². The van der Waals surface area contributed by atoms with Gasteiger partial charge in [0.05, 0.1) is 10.3 Å². The lowest BCUT2D eigenvalue weighted by Gasteiger charge is -2.11. The molecule has 0 saturated carbocycles. The Bertz CT molecular complexity index is 1050. The number of nitrogens with one attached hydrogen (secondary N) is 2. The van der Waals surface area contributed by atoms with Gasteiger partial charge in [-0.1, -0.05) is 11.6 Å². The Balaban J connectivity index is 2.03. The number of benzene rings is 1. The number of nitrogens with zero attached hydrogens (tertiary/aromatic N) is 2. The predicted molar refractivity (Wildman–Crippen MR) is 97.3 cm³/mol. The van der Waals surface area contributed by atoms with Crippen molar-refractivity contribution in [1.82, 2.24) is 9.97 Å². The van der Waals surface area contributed by atoms with Gasteiger partial charge in [-0.15, -0.1) is 0 Å². The second-order valence-corrected chi connectivity index (χ2v) is 6.17. The minimum Gasteiger partial charge on any atom is -0.365 e. The zero-order valence-electron chi connectivity index (χ0n) is 13.6. The molecule has 25 heavy (non-hydrogen) atoms. The number of hydrogen-bond acceptors (Lipinski definition) is 5. The summed E-state index contributed by atoms with van der Waals surface area (Å²) in [5.74, 6) is 0.433. The normalized spacial score (nSPS) is 10.8. The maximum Gasteiger partial charge on any atom is 0.278 e. The zero-order chi connectivity index (χ0) is 18.1. The molecule has 1 aromatic carbocycles. The van der Waals surface area contributed by atoms with E-state index in [0.29, 0.717) is 22.2 Å². The molecule has 0 bridgehead atoms. The molecular formula is C17H15ClN4O3. The van der Waals surface area contributed by atoms with Gasteiger partial charge >= 0.3 is 0 Å². The van der Waals surface area contributed by atoms with E-state index in [-0.39, 0.29) is 22.8 Å². The highest BCUT2D eigenvalue weighted by Gasteiger charge is 2.16. The van der Waals surface area contributed by atoms with Crippen LogP contribution in [0.15, 0.2) is 35.3 Å². The topological polar surface area (TPSA) is 101 Å². The number of pyridine rings is 2. The largest absolute Gasteiger partial charge is 0.365 e. The maximum atomic E-state index is 12.1. The molecule has 0 aliphatic carbocycles. The molecule has 0 radical (unpaired) electrons. The Hall–Kier alpha value is -2.93. The molecule has 8 heteroatoms. The van der Waals surface area contributed by atoms with Gasteiger partial charge in [0.2, 0.25) is 0 Å². The highest BCUT2D eigenvalue weighted by Crippen LogP contribution is 2.32. The number of rotatable bonds is 4. The average Bonchev–Trinajstić information content (AvgIpc) is 2.53. The van der Waals surface area contributed by atoms with Crippen molar-refractivity contribution in [2.75, 3.05) is 5.32 Å². The molecule has 7 nitrogen and oxygen atoms in total. The van der Waals surface area contributed by atoms with Gasteiger partial charge in [0.15, 0.2) is 0 Å². The van der Waals surface area contributed by atoms with Crippen molar-refractivity contribution in [2.24, 2.45) is 0 Å². The number of hydrogen-bond donors (Lipinski definition) is 2. The highest BCUT2D eigenvalue weighted by molar-refractivity contribution is 6.32. The highest BCUT2D eigenvalue weighted by atomic mass is 35.5. The van der Waals surface area contributed by atoms with E-state index in [1.807, 2.05) is 19.9 Å². The maximum absolute atomic E-state index is 12.1. The Morgan fingerprint density at radius 1 is 1.28 bits per heavy atom. The fourth-order valence-electron chi connectivity index (χ4n) is 2.80. The summed E-state index contributed by atoms with van der Waals surface area (Å²) in [6, 6.07) is 6.38. The summed E-state index contributed by atoms with van der Waals surface area (Å²) in [6.07, 6.45) is 1.48. The van der Waals surface area contributed by atoms with Crippen LogP contribution in [0.5, 0.6) is 0 Å². The molecular weight excluding hydrogens is 344 g/mol. The number of halogens is 1. The van der Waals surface area contributed by atoms with Gasteiger partial charge in [0.25, 0.3) is 11.2 Å². The van der Waals surface area contributed by atoms with Gasteiger partial charge in [0, 0.05) is 40.5 Å². The van der Waals surface area contributed by atoms with Crippen LogP contribution in [0.25, 0.3) is 10.8 Å². The summed E-state index contributed by atoms with van der Waals surface area (Å²) < 4.78 is 0. The van der Waals surface area contributed by atoms with Gasteiger partial charge in [-0.2, -0.15) is 0 Å². The van der Waals surface area contributed by atoms with Crippen molar-refractivity contribution in [1.29, 1.82) is 0 Å². The Morgan fingerprint density at radius 3 is 2.72 bits per heavy atom. The standard InChI is InChI=1S/C17H15ClN4O3/c1-9-5-10(2)21-17(23)14(9)8-20-16-13-6-11(18)7-15(22(24)25)12(13)3-4-19-16/h3-7H,8H2,1-2H3,(H,19,20)(H,21,23). The number of H-pyrrole nitrogens is 1. The van der Waals surface area contributed by atoms with Crippen LogP contribution in [0, 0.1) is 24.0 Å². The van der Waals surface area contributed by atoms with Crippen molar-refractivity contribution in [3.05, 3.63) is 72.8 Å². The number of nitro benzene ring substituents is 1. The van der Waals surface area contributed by atoms with E-state index in [4.69, 9.17) is 11.6 Å². The van der Waals surface area contributed by atoms with Gasteiger partial charge in [-0.05, 0) is 37.6 Å². The number of aromatic amines is 1. The van der Waals surface area contributed by atoms with E-state index >= 15 is 0 Å². The first-order valence-electron chi connectivity index (χ1n) is 7.52. The Labute approximate surface area is 147 Å². The second-order valence-electron chi connectivity index (χ2n) is 5.73. The third-order valence-corrected chi connectivity index (χ3v) is 4.16. The minimum atomic E-state index is -0.479. The van der Waals surface area contributed by atoms with Gasteiger partial charge < -0.3 is 10.3 Å². The van der Waals surface area contributed by atoms with Crippen molar-refractivity contribution in [3.63, 3.8) is 0 Å². The van der Waals surface area contributed by atoms with Crippen LogP contribution in [0.2, 0.25) is 5.02 Å². The Morgan fingerprint density at radius 2 is 2.04 bits per heavy atom. The quantitative estimate of drug-likeness (QED) is 0.546. The van der Waals surface area contributed by atoms with Crippen LogP contribution in [-0.2, 0) is 6.54 Å². The molecule has 0 aliphatic rings. The average molecular weight is 359 g/mol. The number of non-ortho nitro benzene ring substituents is 1. The fraction of sp³-hybridized carbons (Fsp3) is 0.176. The first kappa shape index (κ1) is 16.9. The molecule has 2 aromatic heterocycles. The fourth-order valence-corrected chi connectivity index (χ4v) is 3.01. The second kappa shape index (κ2) is 6.52. The van der Waals surface area contributed by atoms with Gasteiger partial charge in [0.1, 0.15) is 5.82 Å². The van der Waals surface area contributed by atoms with E-state index in [1.165, 1.54) is 12.3 Å². The molecule has 2 N–H and O–H groups in total. The molecule has 3 rings (SSSR count). The number of nitro groups is 1. The minimum absolute atomic E-state index is 0.0858. The lowest BCUT2D eigenvalue weighted by molar-refractivity contribution is -0.383. The summed E-state index contributed by atoms with van der Waals surface area (Å²) in [5.41, 5.74) is 1.97.